The van der Waals surface area contributed by atoms with E-state index in [2.05, 4.69) is 4.98 Å². The molecule has 0 amide bonds. The average Bonchev–Trinajstić information content (AvgIpc) is 2.17. The van der Waals surface area contributed by atoms with Crippen molar-refractivity contribution in [2.75, 3.05) is 5.73 Å². The van der Waals surface area contributed by atoms with E-state index in [9.17, 15) is 9.90 Å². The molecule has 0 bridgehead atoms. The van der Waals surface area contributed by atoms with Gasteiger partial charge in [-0.05, 0) is 31.0 Å². The van der Waals surface area contributed by atoms with E-state index in [1.807, 2.05) is 0 Å². The molecule has 1 atom stereocenters. The van der Waals surface area contributed by atoms with Crippen LogP contribution in [0.25, 0.3) is 0 Å². The highest BCUT2D eigenvalue weighted by molar-refractivity contribution is 5.88. The summed E-state index contributed by atoms with van der Waals surface area (Å²) in [7, 11) is 0. The first-order chi connectivity index (χ1) is 6.95. The van der Waals surface area contributed by atoms with Crippen molar-refractivity contribution in [3.8, 4) is 0 Å². The van der Waals surface area contributed by atoms with Gasteiger partial charge in [0.2, 0.25) is 0 Å². The lowest BCUT2D eigenvalue weighted by molar-refractivity contribution is -0.135. The Kier molecular flexibility index (Phi) is 3.42. The molecule has 15 heavy (non-hydrogen) atoms. The zero-order chi connectivity index (χ0) is 11.5. The normalized spacial score (nSPS) is 14.6. The summed E-state index contributed by atoms with van der Waals surface area (Å²) in [5.41, 5.74) is 5.02. The number of hydrogen-bond donors (Lipinski definition) is 2. The van der Waals surface area contributed by atoms with Crippen LogP contribution in [0.15, 0.2) is 18.3 Å². The number of carbonyl (C=O) groups is 1. The first kappa shape index (κ1) is 11.7. The summed E-state index contributed by atoms with van der Waals surface area (Å²) in [5.74, 6) is 0.187. The molecule has 1 rings (SSSR count). The molecular formula is C11H16N2O2. The number of nitrogen functional groups attached to an aromatic ring is 1. The molecule has 0 saturated heterocycles. The Morgan fingerprint density at radius 2 is 2.33 bits per heavy atom. The lowest BCUT2D eigenvalue weighted by Gasteiger charge is -2.19. The fourth-order valence-corrected chi connectivity index (χ4v) is 1.18. The fraction of sp³-hybridized carbons (Fsp3) is 0.455. The van der Waals surface area contributed by atoms with Crippen molar-refractivity contribution in [3.05, 3.63) is 23.9 Å². The molecule has 0 spiro atoms. The molecule has 1 aromatic heterocycles. The van der Waals surface area contributed by atoms with Gasteiger partial charge in [-0.1, -0.05) is 6.92 Å². The van der Waals surface area contributed by atoms with Crippen molar-refractivity contribution < 1.29 is 9.90 Å². The van der Waals surface area contributed by atoms with E-state index < -0.39 is 5.60 Å². The van der Waals surface area contributed by atoms with Crippen molar-refractivity contribution in [1.29, 1.82) is 0 Å². The molecule has 0 aromatic carbocycles. The maximum atomic E-state index is 11.7. The number of Topliss-reactive ketones (excluding diaryl/α,β-unsaturated/α-hetero) is 1. The second-order valence-electron chi connectivity index (χ2n) is 3.82. The van der Waals surface area contributed by atoms with Gasteiger partial charge in [-0.25, -0.2) is 4.98 Å². The van der Waals surface area contributed by atoms with Gasteiger partial charge in [-0.3, -0.25) is 4.79 Å². The third kappa shape index (κ3) is 3.02. The third-order valence-corrected chi connectivity index (χ3v) is 2.50. The predicted octanol–water partition coefficient (Wildman–Crippen LogP) is 0.936. The number of pyridine rings is 1. The van der Waals surface area contributed by atoms with Crippen LogP contribution in [0.3, 0.4) is 0 Å². The molecule has 0 aliphatic heterocycles. The standard InChI is InChI=1S/C11H16N2O2/c1-3-11(2,15)9(14)6-8-4-5-13-10(12)7-8/h4-5,7,15H,3,6H2,1-2H3,(H2,12,13). The zero-order valence-electron chi connectivity index (χ0n) is 9.03. The van der Waals surface area contributed by atoms with Gasteiger partial charge in [0.1, 0.15) is 11.4 Å². The number of aliphatic hydroxyl groups is 1. The van der Waals surface area contributed by atoms with Crippen LogP contribution < -0.4 is 5.73 Å². The first-order valence-electron chi connectivity index (χ1n) is 4.92. The second-order valence-corrected chi connectivity index (χ2v) is 3.82. The van der Waals surface area contributed by atoms with E-state index in [4.69, 9.17) is 5.73 Å². The van der Waals surface area contributed by atoms with E-state index in [0.717, 1.165) is 5.56 Å². The quantitative estimate of drug-likeness (QED) is 0.772. The van der Waals surface area contributed by atoms with E-state index in [1.165, 1.54) is 6.92 Å². The molecule has 3 N–H and O–H groups in total. The van der Waals surface area contributed by atoms with Crippen molar-refractivity contribution in [2.24, 2.45) is 0 Å². The zero-order valence-corrected chi connectivity index (χ0v) is 9.03. The lowest BCUT2D eigenvalue weighted by atomic mass is 9.93. The summed E-state index contributed by atoms with van der Waals surface area (Å²) in [6.07, 6.45) is 2.15. The summed E-state index contributed by atoms with van der Waals surface area (Å²) < 4.78 is 0. The van der Waals surface area contributed by atoms with Gasteiger partial charge in [0, 0.05) is 12.6 Å². The predicted molar refractivity (Wildman–Crippen MR) is 58.3 cm³/mol. The highest BCUT2D eigenvalue weighted by atomic mass is 16.3. The fourth-order valence-electron chi connectivity index (χ4n) is 1.18. The molecule has 4 heteroatoms. The van der Waals surface area contributed by atoms with Crippen LogP contribution in [-0.2, 0) is 11.2 Å². The van der Waals surface area contributed by atoms with Crippen LogP contribution in [0.1, 0.15) is 25.8 Å². The van der Waals surface area contributed by atoms with Crippen LogP contribution in [0.2, 0.25) is 0 Å². The van der Waals surface area contributed by atoms with Crippen LogP contribution in [0, 0.1) is 0 Å². The minimum Gasteiger partial charge on any atom is -0.384 e. The molecule has 0 saturated carbocycles. The summed E-state index contributed by atoms with van der Waals surface area (Å²) in [6, 6.07) is 3.36. The van der Waals surface area contributed by atoms with E-state index in [-0.39, 0.29) is 12.2 Å². The molecule has 1 unspecified atom stereocenters. The molecular weight excluding hydrogens is 192 g/mol. The highest BCUT2D eigenvalue weighted by Crippen LogP contribution is 2.14. The number of rotatable bonds is 4. The molecule has 1 heterocycles. The minimum atomic E-state index is -1.25. The van der Waals surface area contributed by atoms with E-state index in [1.54, 1.807) is 25.3 Å². The maximum absolute atomic E-state index is 11.7. The number of aromatic nitrogens is 1. The Morgan fingerprint density at radius 1 is 1.67 bits per heavy atom. The lowest BCUT2D eigenvalue weighted by Crippen LogP contribution is -2.35. The van der Waals surface area contributed by atoms with Crippen LogP contribution in [0.5, 0.6) is 0 Å². The smallest absolute Gasteiger partial charge is 0.168 e. The molecule has 1 aromatic rings. The van der Waals surface area contributed by atoms with Crippen LogP contribution in [-0.4, -0.2) is 21.5 Å². The minimum absolute atomic E-state index is 0.188. The van der Waals surface area contributed by atoms with Crippen molar-refractivity contribution in [2.45, 2.75) is 32.3 Å². The highest BCUT2D eigenvalue weighted by Gasteiger charge is 2.27. The molecule has 4 nitrogen and oxygen atoms in total. The Labute approximate surface area is 89.1 Å². The van der Waals surface area contributed by atoms with Gasteiger partial charge >= 0.3 is 0 Å². The summed E-state index contributed by atoms with van der Waals surface area (Å²) in [6.45, 7) is 3.30. The molecule has 0 aliphatic carbocycles. The van der Waals surface area contributed by atoms with Gasteiger partial charge in [-0.2, -0.15) is 0 Å². The van der Waals surface area contributed by atoms with Crippen molar-refractivity contribution in [1.82, 2.24) is 4.98 Å². The molecule has 82 valence electrons. The largest absolute Gasteiger partial charge is 0.384 e. The van der Waals surface area contributed by atoms with Gasteiger partial charge in [0.15, 0.2) is 5.78 Å². The van der Waals surface area contributed by atoms with Crippen LogP contribution in [0.4, 0.5) is 5.82 Å². The van der Waals surface area contributed by atoms with Crippen molar-refractivity contribution in [3.63, 3.8) is 0 Å². The number of hydrogen-bond acceptors (Lipinski definition) is 4. The van der Waals surface area contributed by atoms with E-state index in [0.29, 0.717) is 12.2 Å². The molecule has 0 aliphatic rings. The summed E-state index contributed by atoms with van der Waals surface area (Å²) >= 11 is 0. The van der Waals surface area contributed by atoms with Gasteiger partial charge in [0.05, 0.1) is 0 Å². The Hall–Kier alpha value is -1.42. The van der Waals surface area contributed by atoms with Gasteiger partial charge < -0.3 is 10.8 Å². The maximum Gasteiger partial charge on any atom is 0.168 e. The Morgan fingerprint density at radius 3 is 2.87 bits per heavy atom. The topological polar surface area (TPSA) is 76.2 Å². The van der Waals surface area contributed by atoms with Crippen molar-refractivity contribution >= 4 is 11.6 Å². The number of anilines is 1. The van der Waals surface area contributed by atoms with Crippen LogP contribution >= 0.6 is 0 Å². The first-order valence-corrected chi connectivity index (χ1v) is 4.92. The molecule has 0 fully saturated rings. The number of carbonyl (C=O) groups excluding carboxylic acids is 1. The monoisotopic (exact) mass is 208 g/mol. The van der Waals surface area contributed by atoms with Gasteiger partial charge in [-0.15, -0.1) is 0 Å². The summed E-state index contributed by atoms with van der Waals surface area (Å²) in [5, 5.41) is 9.73. The molecule has 0 radical (unpaired) electrons. The van der Waals surface area contributed by atoms with E-state index >= 15 is 0 Å². The Balaban J connectivity index is 2.75. The third-order valence-electron chi connectivity index (χ3n) is 2.50. The number of nitrogens with two attached hydrogens (primary N) is 1. The summed E-state index contributed by atoms with van der Waals surface area (Å²) in [4.78, 5) is 15.5. The number of ketones is 1. The van der Waals surface area contributed by atoms with Gasteiger partial charge in [0.25, 0.3) is 0 Å². The second kappa shape index (κ2) is 4.40. The average molecular weight is 208 g/mol. The Bertz CT molecular complexity index is 361. The SMILES string of the molecule is CCC(C)(O)C(=O)Cc1ccnc(N)c1. The number of nitrogens with zero attached hydrogens (tertiary/aromatic N) is 1.